The summed E-state index contributed by atoms with van der Waals surface area (Å²) in [6.45, 7) is 4.78. The number of esters is 1. The lowest BCUT2D eigenvalue weighted by molar-refractivity contribution is -0.143. The summed E-state index contributed by atoms with van der Waals surface area (Å²) in [5, 5.41) is 23.1. The molecular formula is C57H105NO5. The van der Waals surface area contributed by atoms with E-state index in [9.17, 15) is 19.8 Å². The van der Waals surface area contributed by atoms with Gasteiger partial charge in [-0.1, -0.05) is 229 Å². The highest BCUT2D eigenvalue weighted by Gasteiger charge is 2.17. The van der Waals surface area contributed by atoms with Gasteiger partial charge in [-0.05, 0) is 83.5 Å². The summed E-state index contributed by atoms with van der Waals surface area (Å²) in [5.74, 6) is -0.181. The van der Waals surface area contributed by atoms with Gasteiger partial charge in [-0.15, -0.1) is 0 Å². The molecule has 0 aromatic carbocycles. The maximum absolute atomic E-state index is 12.4. The van der Waals surface area contributed by atoms with Crippen molar-refractivity contribution in [2.75, 3.05) is 13.2 Å². The van der Waals surface area contributed by atoms with Crippen LogP contribution in [0.2, 0.25) is 0 Å². The highest BCUT2D eigenvalue weighted by atomic mass is 16.5. The molecule has 0 heterocycles. The summed E-state index contributed by atoms with van der Waals surface area (Å²) in [4.78, 5) is 24.5. The molecular weight excluding hydrogens is 779 g/mol. The van der Waals surface area contributed by atoms with E-state index in [-0.39, 0.29) is 18.5 Å². The van der Waals surface area contributed by atoms with Crippen LogP contribution in [-0.4, -0.2) is 47.4 Å². The van der Waals surface area contributed by atoms with Crippen LogP contribution in [0.25, 0.3) is 0 Å². The van der Waals surface area contributed by atoms with Crippen molar-refractivity contribution in [3.63, 3.8) is 0 Å². The van der Waals surface area contributed by atoms with Crippen LogP contribution >= 0.6 is 0 Å². The van der Waals surface area contributed by atoms with Gasteiger partial charge in [-0.25, -0.2) is 0 Å². The molecule has 0 aromatic rings. The predicted molar refractivity (Wildman–Crippen MR) is 273 cm³/mol. The molecule has 6 nitrogen and oxygen atoms in total. The topological polar surface area (TPSA) is 95.9 Å². The van der Waals surface area contributed by atoms with Gasteiger partial charge in [0.1, 0.15) is 0 Å². The molecule has 0 saturated heterocycles. The molecule has 3 N–H and O–H groups in total. The van der Waals surface area contributed by atoms with E-state index in [2.05, 4.69) is 55.6 Å². The van der Waals surface area contributed by atoms with E-state index in [0.29, 0.717) is 19.4 Å². The lowest BCUT2D eigenvalue weighted by Gasteiger charge is -2.19. The summed E-state index contributed by atoms with van der Waals surface area (Å²) in [5.41, 5.74) is 0. The average Bonchev–Trinajstić information content (AvgIpc) is 3.28. The number of hydrogen-bond acceptors (Lipinski definition) is 5. The van der Waals surface area contributed by atoms with Gasteiger partial charge in [0.05, 0.1) is 25.4 Å². The molecule has 1 amide bonds. The predicted octanol–water partition coefficient (Wildman–Crippen LogP) is 16.6. The molecule has 0 aliphatic heterocycles. The SMILES string of the molecule is CCCCC/C=C\C/C=C\CCCCCCCC(=O)OCCCCCC/C=C\CCCC(=O)NC(CO)C(O)/C=C/CCCCCCCCCCCCCCCCCCCCCC. The first-order valence-corrected chi connectivity index (χ1v) is 27.4. The highest BCUT2D eigenvalue weighted by Crippen LogP contribution is 2.16. The second-order valence-corrected chi connectivity index (χ2v) is 18.5. The fourth-order valence-electron chi connectivity index (χ4n) is 8.08. The number of carbonyl (C=O) groups excluding carboxylic acids is 2. The van der Waals surface area contributed by atoms with Gasteiger partial charge in [0.25, 0.3) is 0 Å². The van der Waals surface area contributed by atoms with E-state index in [4.69, 9.17) is 4.74 Å². The quantitative estimate of drug-likeness (QED) is 0.0321. The molecule has 2 atom stereocenters. The summed E-state index contributed by atoms with van der Waals surface area (Å²) in [6.07, 6.45) is 65.6. The largest absolute Gasteiger partial charge is 0.466 e. The Hall–Kier alpha value is -2.18. The third-order valence-electron chi connectivity index (χ3n) is 12.3. The molecule has 0 saturated carbocycles. The van der Waals surface area contributed by atoms with Gasteiger partial charge in [0.15, 0.2) is 0 Å². The van der Waals surface area contributed by atoms with Crippen LogP contribution in [0.4, 0.5) is 0 Å². The first-order valence-electron chi connectivity index (χ1n) is 27.4. The lowest BCUT2D eigenvalue weighted by Crippen LogP contribution is -2.45. The Kier molecular flexibility index (Phi) is 50.6. The lowest BCUT2D eigenvalue weighted by atomic mass is 10.0. The second kappa shape index (κ2) is 52.4. The van der Waals surface area contributed by atoms with Crippen LogP contribution in [0, 0.1) is 0 Å². The molecule has 368 valence electrons. The number of carbonyl (C=O) groups is 2. The minimum absolute atomic E-state index is 0.0522. The zero-order valence-electron chi connectivity index (χ0n) is 41.8. The van der Waals surface area contributed by atoms with E-state index in [0.717, 1.165) is 83.5 Å². The first kappa shape index (κ1) is 60.8. The average molecular weight is 884 g/mol. The minimum Gasteiger partial charge on any atom is -0.466 e. The molecule has 0 fully saturated rings. The smallest absolute Gasteiger partial charge is 0.305 e. The van der Waals surface area contributed by atoms with Gasteiger partial charge in [-0.3, -0.25) is 9.59 Å². The Morgan fingerprint density at radius 3 is 1.29 bits per heavy atom. The van der Waals surface area contributed by atoms with Crippen molar-refractivity contribution in [2.24, 2.45) is 0 Å². The molecule has 0 bridgehead atoms. The fraction of sp³-hybridized carbons (Fsp3) is 0.825. The summed E-state index contributed by atoms with van der Waals surface area (Å²) in [6, 6.07) is -0.668. The van der Waals surface area contributed by atoms with Crippen molar-refractivity contribution in [2.45, 2.75) is 289 Å². The molecule has 0 aromatic heterocycles. The van der Waals surface area contributed by atoms with Crippen molar-refractivity contribution in [3.05, 3.63) is 48.6 Å². The van der Waals surface area contributed by atoms with E-state index in [1.807, 2.05) is 6.08 Å². The van der Waals surface area contributed by atoms with Crippen LogP contribution in [0.15, 0.2) is 48.6 Å². The normalized spacial score (nSPS) is 13.0. The number of allylic oxidation sites excluding steroid dienone is 7. The fourth-order valence-corrected chi connectivity index (χ4v) is 8.08. The molecule has 0 aliphatic rings. The maximum atomic E-state index is 12.4. The van der Waals surface area contributed by atoms with Crippen LogP contribution in [0.1, 0.15) is 277 Å². The van der Waals surface area contributed by atoms with Crippen molar-refractivity contribution in [1.82, 2.24) is 5.32 Å². The molecule has 63 heavy (non-hydrogen) atoms. The summed E-state index contributed by atoms with van der Waals surface area (Å²) in [7, 11) is 0. The van der Waals surface area contributed by atoms with E-state index >= 15 is 0 Å². The Morgan fingerprint density at radius 1 is 0.444 bits per heavy atom. The van der Waals surface area contributed by atoms with Gasteiger partial charge in [-0.2, -0.15) is 0 Å². The molecule has 0 rings (SSSR count). The van der Waals surface area contributed by atoms with Crippen molar-refractivity contribution < 1.29 is 24.5 Å². The number of aliphatic hydroxyl groups is 2. The van der Waals surface area contributed by atoms with Crippen molar-refractivity contribution in [1.29, 1.82) is 0 Å². The minimum atomic E-state index is -0.878. The zero-order chi connectivity index (χ0) is 45.8. The molecule has 0 aliphatic carbocycles. The standard InChI is InChI=1S/C57H105NO5/c1-3-5-7-9-11-13-15-17-19-20-21-22-23-24-25-27-28-30-33-37-41-45-49-55(60)54(53-59)58-56(61)50-46-42-38-34-32-36-40-44-48-52-63-57(62)51-47-43-39-35-31-29-26-18-16-14-12-10-8-6-4-2/h12,14,18,26,34,38,45,49,54-55,59-60H,3-11,13,15-17,19-25,27-33,35-37,39-44,46-48,50-53H2,1-2H3,(H,58,61)/b14-12-,26-18-,38-34-,49-45+. The Morgan fingerprint density at radius 2 is 0.810 bits per heavy atom. The molecule has 0 spiro atoms. The zero-order valence-corrected chi connectivity index (χ0v) is 41.8. The number of aliphatic hydroxyl groups excluding tert-OH is 2. The van der Waals surface area contributed by atoms with E-state index in [1.165, 1.54) is 167 Å². The Balaban J connectivity index is 3.58. The summed E-state index contributed by atoms with van der Waals surface area (Å²) < 4.78 is 5.43. The van der Waals surface area contributed by atoms with Gasteiger partial charge < -0.3 is 20.3 Å². The van der Waals surface area contributed by atoms with E-state index in [1.54, 1.807) is 6.08 Å². The molecule has 0 radical (unpaired) electrons. The Bertz CT molecular complexity index is 1070. The molecule has 2 unspecified atom stereocenters. The third kappa shape index (κ3) is 49.1. The molecule has 6 heteroatoms. The Labute approximate surface area is 391 Å². The van der Waals surface area contributed by atoms with Gasteiger partial charge in [0, 0.05) is 12.8 Å². The van der Waals surface area contributed by atoms with Crippen LogP contribution < -0.4 is 5.32 Å². The number of unbranched alkanes of at least 4 members (excludes halogenated alkanes) is 33. The van der Waals surface area contributed by atoms with E-state index < -0.39 is 12.1 Å². The summed E-state index contributed by atoms with van der Waals surface area (Å²) >= 11 is 0. The number of rotatable bonds is 50. The number of ether oxygens (including phenoxy) is 1. The number of nitrogens with one attached hydrogen (secondary N) is 1. The van der Waals surface area contributed by atoms with Crippen LogP contribution in [0.5, 0.6) is 0 Å². The van der Waals surface area contributed by atoms with Crippen LogP contribution in [0.3, 0.4) is 0 Å². The van der Waals surface area contributed by atoms with Gasteiger partial charge in [0.2, 0.25) is 5.91 Å². The van der Waals surface area contributed by atoms with Crippen molar-refractivity contribution >= 4 is 11.9 Å². The number of hydrogen-bond donors (Lipinski definition) is 3. The third-order valence-corrected chi connectivity index (χ3v) is 12.3. The second-order valence-electron chi connectivity index (χ2n) is 18.5. The monoisotopic (exact) mass is 884 g/mol. The van der Waals surface area contributed by atoms with Crippen molar-refractivity contribution in [3.8, 4) is 0 Å². The highest BCUT2D eigenvalue weighted by molar-refractivity contribution is 5.76. The van der Waals surface area contributed by atoms with Crippen LogP contribution in [-0.2, 0) is 14.3 Å². The number of amides is 1. The maximum Gasteiger partial charge on any atom is 0.305 e. The van der Waals surface area contributed by atoms with Gasteiger partial charge >= 0.3 is 5.97 Å². The first-order chi connectivity index (χ1) is 31.0.